The first-order chi connectivity index (χ1) is 14.0. The number of hydrogen-bond acceptors (Lipinski definition) is 3. The molecule has 0 saturated heterocycles. The summed E-state index contributed by atoms with van der Waals surface area (Å²) >= 11 is 12.2. The number of halogens is 2. The minimum atomic E-state index is -0.356. The number of nitrogens with one attached hydrogen (secondary N) is 2. The van der Waals surface area contributed by atoms with E-state index in [9.17, 15) is 9.59 Å². The second-order valence-electron chi connectivity index (χ2n) is 6.15. The Balaban J connectivity index is 1.69. The Bertz CT molecular complexity index is 1100. The average Bonchev–Trinajstić information content (AvgIpc) is 2.71. The van der Waals surface area contributed by atoms with Crippen LogP contribution in [0.2, 0.25) is 10.0 Å². The predicted octanol–water partition coefficient (Wildman–Crippen LogP) is 5.30. The van der Waals surface area contributed by atoms with Crippen molar-refractivity contribution in [3.63, 3.8) is 0 Å². The molecule has 0 aliphatic carbocycles. The Morgan fingerprint density at radius 3 is 2.17 bits per heavy atom. The van der Waals surface area contributed by atoms with Crippen LogP contribution in [0.4, 0.5) is 11.4 Å². The third kappa shape index (κ3) is 5.35. The lowest BCUT2D eigenvalue weighted by atomic mass is 10.1. The van der Waals surface area contributed by atoms with E-state index >= 15 is 0 Å². The normalized spacial score (nSPS) is 10.1. The van der Waals surface area contributed by atoms with Crippen LogP contribution < -0.4 is 10.6 Å². The Morgan fingerprint density at radius 2 is 1.48 bits per heavy atom. The Labute approximate surface area is 177 Å². The van der Waals surface area contributed by atoms with E-state index in [1.165, 1.54) is 0 Å². The molecule has 0 atom stereocenters. The maximum absolute atomic E-state index is 12.5. The number of amides is 2. The second kappa shape index (κ2) is 9.24. The van der Waals surface area contributed by atoms with Crippen LogP contribution in [0.1, 0.15) is 21.5 Å². The SMILES string of the molecule is N#Cc1cccc(NC(=O)c2cccc(NC(=O)Cc3c(Cl)cccc3Cl)c2)c1. The van der Waals surface area contributed by atoms with Gasteiger partial charge in [-0.2, -0.15) is 5.26 Å². The van der Waals surface area contributed by atoms with Gasteiger partial charge in [0.1, 0.15) is 0 Å². The number of nitriles is 1. The number of rotatable bonds is 5. The van der Waals surface area contributed by atoms with Gasteiger partial charge in [0.2, 0.25) is 5.91 Å². The topological polar surface area (TPSA) is 82.0 Å². The Hall–Kier alpha value is -3.33. The van der Waals surface area contributed by atoms with Gasteiger partial charge in [-0.1, -0.05) is 41.4 Å². The molecule has 0 unspecified atom stereocenters. The van der Waals surface area contributed by atoms with Crippen molar-refractivity contribution in [1.29, 1.82) is 5.26 Å². The molecular weight excluding hydrogens is 409 g/mol. The summed E-state index contributed by atoms with van der Waals surface area (Å²) in [7, 11) is 0. The summed E-state index contributed by atoms with van der Waals surface area (Å²) in [6.45, 7) is 0. The average molecular weight is 424 g/mol. The Kier molecular flexibility index (Phi) is 6.50. The van der Waals surface area contributed by atoms with Gasteiger partial charge in [-0.05, 0) is 54.1 Å². The molecule has 0 aromatic heterocycles. The number of carbonyl (C=O) groups excluding carboxylic acids is 2. The minimum absolute atomic E-state index is 0.00980. The molecule has 0 aliphatic rings. The molecule has 3 rings (SSSR count). The van der Waals surface area contributed by atoms with Crippen LogP contribution in [0.3, 0.4) is 0 Å². The molecule has 3 aromatic carbocycles. The van der Waals surface area contributed by atoms with Gasteiger partial charge in [0.15, 0.2) is 0 Å². The summed E-state index contributed by atoms with van der Waals surface area (Å²) in [5.41, 5.74) is 2.33. The molecular formula is C22H15Cl2N3O2. The van der Waals surface area contributed by atoms with Crippen LogP contribution in [0, 0.1) is 11.3 Å². The summed E-state index contributed by atoms with van der Waals surface area (Å²) in [6.07, 6.45) is 0.00980. The van der Waals surface area contributed by atoms with Crippen molar-refractivity contribution in [2.24, 2.45) is 0 Å². The summed E-state index contributed by atoms with van der Waals surface area (Å²) in [5, 5.41) is 15.3. The molecule has 5 nitrogen and oxygen atoms in total. The standard InChI is InChI=1S/C22H15Cl2N3O2/c23-19-8-3-9-20(24)18(19)12-21(28)26-17-7-2-5-15(11-17)22(29)27-16-6-1-4-14(10-16)13-25/h1-11H,12H2,(H,26,28)(H,27,29). The summed E-state index contributed by atoms with van der Waals surface area (Å²) in [5.74, 6) is -0.662. The molecule has 0 spiro atoms. The molecule has 0 aliphatic heterocycles. The monoisotopic (exact) mass is 423 g/mol. The molecule has 0 bridgehead atoms. The van der Waals surface area contributed by atoms with Gasteiger partial charge in [-0.3, -0.25) is 9.59 Å². The van der Waals surface area contributed by atoms with Crippen molar-refractivity contribution < 1.29 is 9.59 Å². The van der Waals surface area contributed by atoms with E-state index in [2.05, 4.69) is 10.6 Å². The van der Waals surface area contributed by atoms with E-state index in [1.807, 2.05) is 6.07 Å². The zero-order valence-electron chi connectivity index (χ0n) is 15.1. The van der Waals surface area contributed by atoms with E-state index in [4.69, 9.17) is 28.5 Å². The molecule has 0 radical (unpaired) electrons. The highest BCUT2D eigenvalue weighted by Gasteiger charge is 2.12. The number of benzene rings is 3. The van der Waals surface area contributed by atoms with E-state index in [-0.39, 0.29) is 18.2 Å². The maximum Gasteiger partial charge on any atom is 0.255 e. The van der Waals surface area contributed by atoms with E-state index < -0.39 is 0 Å². The predicted molar refractivity (Wildman–Crippen MR) is 114 cm³/mol. The smallest absolute Gasteiger partial charge is 0.255 e. The van der Waals surface area contributed by atoms with Gasteiger partial charge in [0.25, 0.3) is 5.91 Å². The molecule has 2 N–H and O–H groups in total. The van der Waals surface area contributed by atoms with Gasteiger partial charge in [-0.15, -0.1) is 0 Å². The molecule has 0 heterocycles. The molecule has 0 saturated carbocycles. The van der Waals surface area contributed by atoms with E-state index in [0.717, 1.165) is 0 Å². The van der Waals surface area contributed by atoms with Crippen molar-refractivity contribution in [3.05, 3.63) is 93.5 Å². The molecule has 144 valence electrons. The lowest BCUT2D eigenvalue weighted by Crippen LogP contribution is -2.16. The summed E-state index contributed by atoms with van der Waals surface area (Å²) in [4.78, 5) is 24.9. The van der Waals surface area contributed by atoms with Gasteiger partial charge >= 0.3 is 0 Å². The van der Waals surface area contributed by atoms with Crippen LogP contribution in [0.5, 0.6) is 0 Å². The third-order valence-electron chi connectivity index (χ3n) is 4.06. The zero-order chi connectivity index (χ0) is 20.8. The van der Waals surface area contributed by atoms with Gasteiger partial charge in [0, 0.05) is 27.0 Å². The number of anilines is 2. The third-order valence-corrected chi connectivity index (χ3v) is 4.77. The highest BCUT2D eigenvalue weighted by atomic mass is 35.5. The highest BCUT2D eigenvalue weighted by Crippen LogP contribution is 2.25. The number of carbonyl (C=O) groups is 2. The number of nitrogens with zero attached hydrogens (tertiary/aromatic N) is 1. The summed E-state index contributed by atoms with van der Waals surface area (Å²) in [6, 6.07) is 20.2. The largest absolute Gasteiger partial charge is 0.326 e. The van der Waals surface area contributed by atoms with Crippen LogP contribution in [-0.4, -0.2) is 11.8 Å². The van der Waals surface area contributed by atoms with Crippen molar-refractivity contribution in [2.45, 2.75) is 6.42 Å². The van der Waals surface area contributed by atoms with Crippen molar-refractivity contribution >= 4 is 46.4 Å². The molecule has 0 fully saturated rings. The first kappa shape index (κ1) is 20.4. The molecule has 29 heavy (non-hydrogen) atoms. The fourth-order valence-electron chi connectivity index (χ4n) is 2.67. The molecule has 7 heteroatoms. The van der Waals surface area contributed by atoms with Gasteiger partial charge < -0.3 is 10.6 Å². The van der Waals surface area contributed by atoms with Crippen molar-refractivity contribution in [1.82, 2.24) is 0 Å². The quantitative estimate of drug-likeness (QED) is 0.583. The molecule has 3 aromatic rings. The van der Waals surface area contributed by atoms with E-state index in [0.29, 0.717) is 38.1 Å². The second-order valence-corrected chi connectivity index (χ2v) is 6.97. The Morgan fingerprint density at radius 1 is 0.862 bits per heavy atom. The fraction of sp³-hybridized carbons (Fsp3) is 0.0455. The van der Waals surface area contributed by atoms with Crippen LogP contribution in [-0.2, 0) is 11.2 Å². The van der Waals surface area contributed by atoms with Gasteiger partial charge in [0.05, 0.1) is 18.1 Å². The molecule has 2 amide bonds. The van der Waals surface area contributed by atoms with Crippen molar-refractivity contribution in [3.8, 4) is 6.07 Å². The first-order valence-electron chi connectivity index (χ1n) is 8.60. The van der Waals surface area contributed by atoms with Crippen LogP contribution in [0.15, 0.2) is 66.7 Å². The summed E-state index contributed by atoms with van der Waals surface area (Å²) < 4.78 is 0. The van der Waals surface area contributed by atoms with Crippen LogP contribution in [0.25, 0.3) is 0 Å². The van der Waals surface area contributed by atoms with E-state index in [1.54, 1.807) is 66.7 Å². The minimum Gasteiger partial charge on any atom is -0.326 e. The van der Waals surface area contributed by atoms with Gasteiger partial charge in [-0.25, -0.2) is 0 Å². The lowest BCUT2D eigenvalue weighted by molar-refractivity contribution is -0.115. The lowest BCUT2D eigenvalue weighted by Gasteiger charge is -2.10. The fourth-order valence-corrected chi connectivity index (χ4v) is 3.21. The van der Waals surface area contributed by atoms with Crippen molar-refractivity contribution in [2.75, 3.05) is 10.6 Å². The highest BCUT2D eigenvalue weighted by molar-refractivity contribution is 6.36. The van der Waals surface area contributed by atoms with Crippen LogP contribution >= 0.6 is 23.2 Å². The first-order valence-corrected chi connectivity index (χ1v) is 9.36. The maximum atomic E-state index is 12.5. The zero-order valence-corrected chi connectivity index (χ0v) is 16.6. The number of hydrogen-bond donors (Lipinski definition) is 2.